The number of fused-ring (bicyclic) bond motifs is 4. The Kier molecular flexibility index (Phi) is 12.6. The zero-order valence-electron chi connectivity index (χ0n) is 42.9. The maximum absolute atomic E-state index is 13.4. The minimum Gasteiger partial charge on any atom is -0.399 e. The monoisotopic (exact) mass is 1090 g/mol. The summed E-state index contributed by atoms with van der Waals surface area (Å²) in [5.41, 5.74) is 6.46. The van der Waals surface area contributed by atoms with E-state index in [2.05, 4.69) is 50.2 Å². The number of aryl methyl sites for hydroxylation is 2. The number of anilines is 2. The quantitative estimate of drug-likeness (QED) is 0.0641. The number of alkyl halides is 4. The Labute approximate surface area is 450 Å². The molecule has 0 spiro atoms. The molecule has 5 aliphatic heterocycles. The molecule has 1 saturated heterocycles. The SMILES string of the molecule is CC1(C)OB(c2ccc3c(c2)CNC3=O)OC1(C)C.Cc1ccc(NC(=O)C2(c3ccc4c(c3)OC(F)(F)O4)CC2)nc1-c1ccc2c(c1)CNC2=O.Cc1ccc(NC(=O)C2(c3ccc4c(c3)OC(F)(F)O4)CC2)nc1Cl. The highest BCUT2D eigenvalue weighted by Crippen LogP contribution is 2.54. The molecule has 2 aliphatic carbocycles. The zero-order valence-corrected chi connectivity index (χ0v) is 43.7. The van der Waals surface area contributed by atoms with Crippen LogP contribution in [0.3, 0.4) is 0 Å². The number of benzene rings is 4. The normalized spacial score (nSPS) is 19.7. The molecule has 4 N–H and O–H groups in total. The topological polar surface area (TPSA) is 198 Å². The molecule has 0 radical (unpaired) electrons. The number of nitrogens with zero attached hydrogens (tertiary/aromatic N) is 2. The molecule has 6 aromatic rings. The Hall–Kier alpha value is -7.75. The van der Waals surface area contributed by atoms with Crippen molar-refractivity contribution in [1.82, 2.24) is 20.6 Å². The number of halogens is 5. The summed E-state index contributed by atoms with van der Waals surface area (Å²) in [4.78, 5) is 58.1. The van der Waals surface area contributed by atoms with Crippen molar-refractivity contribution in [2.24, 2.45) is 0 Å². The summed E-state index contributed by atoms with van der Waals surface area (Å²) in [6.07, 6.45) is -5.01. The maximum atomic E-state index is 13.4. The van der Waals surface area contributed by atoms with Crippen molar-refractivity contribution in [1.29, 1.82) is 0 Å². The number of carbonyl (C=O) groups excluding carboxylic acids is 4. The van der Waals surface area contributed by atoms with E-state index in [1.165, 1.54) is 24.3 Å². The first-order valence-corrected chi connectivity index (χ1v) is 25.4. The number of ether oxygens (including phenoxy) is 4. The van der Waals surface area contributed by atoms with Gasteiger partial charge < -0.3 is 49.5 Å². The predicted octanol–water partition coefficient (Wildman–Crippen LogP) is 9.56. The van der Waals surface area contributed by atoms with Crippen molar-refractivity contribution in [3.8, 4) is 34.3 Å². The highest BCUT2D eigenvalue weighted by Gasteiger charge is 2.55. The van der Waals surface area contributed by atoms with Gasteiger partial charge in [-0.2, -0.15) is 0 Å². The summed E-state index contributed by atoms with van der Waals surface area (Å²) < 4.78 is 82.9. The van der Waals surface area contributed by atoms with Crippen molar-refractivity contribution in [3.05, 3.63) is 147 Å². The first-order chi connectivity index (χ1) is 36.8. The van der Waals surface area contributed by atoms with E-state index in [4.69, 9.17) is 20.9 Å². The number of pyridine rings is 2. The molecule has 7 heterocycles. The van der Waals surface area contributed by atoms with Crippen molar-refractivity contribution in [2.45, 2.75) is 115 Å². The average molecular weight is 1090 g/mol. The molecule has 78 heavy (non-hydrogen) atoms. The van der Waals surface area contributed by atoms with Crippen molar-refractivity contribution in [3.63, 3.8) is 0 Å². The average Bonchev–Trinajstić information content (AvgIpc) is 4.40. The van der Waals surface area contributed by atoms with Crippen LogP contribution >= 0.6 is 11.6 Å². The van der Waals surface area contributed by atoms with E-state index >= 15 is 0 Å². The van der Waals surface area contributed by atoms with Crippen LogP contribution in [0.5, 0.6) is 23.0 Å². The Morgan fingerprint density at radius 1 is 0.577 bits per heavy atom. The van der Waals surface area contributed by atoms with Gasteiger partial charge in [-0.3, -0.25) is 19.2 Å². The van der Waals surface area contributed by atoms with Gasteiger partial charge in [-0.05, 0) is 161 Å². The van der Waals surface area contributed by atoms with E-state index in [1.54, 1.807) is 36.4 Å². The van der Waals surface area contributed by atoms with E-state index in [9.17, 15) is 36.7 Å². The molecule has 22 heteroatoms. The summed E-state index contributed by atoms with van der Waals surface area (Å²) in [5.74, 6) is -0.129. The van der Waals surface area contributed by atoms with Gasteiger partial charge in [0, 0.05) is 29.8 Å². The van der Waals surface area contributed by atoms with Crippen molar-refractivity contribution < 1.29 is 65.0 Å². The molecule has 0 bridgehead atoms. The second kappa shape index (κ2) is 18.7. The van der Waals surface area contributed by atoms with E-state index in [-0.39, 0.29) is 64.9 Å². The van der Waals surface area contributed by atoms with Gasteiger partial charge in [-0.15, -0.1) is 17.6 Å². The summed E-state index contributed by atoms with van der Waals surface area (Å²) in [6, 6.07) is 27.2. The van der Waals surface area contributed by atoms with Gasteiger partial charge in [-0.25, -0.2) is 9.97 Å². The molecular weight excluding hydrogens is 1040 g/mol. The first kappa shape index (κ1) is 52.3. The number of aromatic nitrogens is 2. The van der Waals surface area contributed by atoms with E-state index < -0.39 is 23.4 Å². The van der Waals surface area contributed by atoms with Crippen LogP contribution in [0.25, 0.3) is 11.3 Å². The summed E-state index contributed by atoms with van der Waals surface area (Å²) in [5, 5.41) is 11.6. The van der Waals surface area contributed by atoms with Crippen LogP contribution in [0.4, 0.5) is 29.2 Å². The Morgan fingerprint density at radius 3 is 1.54 bits per heavy atom. The van der Waals surface area contributed by atoms with Crippen LogP contribution in [0.2, 0.25) is 5.15 Å². The molecule has 0 unspecified atom stereocenters. The molecule has 0 atom stereocenters. The first-order valence-electron chi connectivity index (χ1n) is 25.1. The molecule has 2 saturated carbocycles. The fourth-order valence-electron chi connectivity index (χ4n) is 9.73. The maximum Gasteiger partial charge on any atom is 0.586 e. The lowest BCUT2D eigenvalue weighted by Crippen LogP contribution is -2.41. The molecule has 16 nitrogen and oxygen atoms in total. The lowest BCUT2D eigenvalue weighted by atomic mass is 9.78. The summed E-state index contributed by atoms with van der Waals surface area (Å²) in [7, 11) is -0.369. The van der Waals surface area contributed by atoms with Gasteiger partial charge in [0.1, 0.15) is 16.8 Å². The van der Waals surface area contributed by atoms with Crippen LogP contribution in [-0.2, 0) is 42.8 Å². The molecule has 4 amide bonds. The van der Waals surface area contributed by atoms with Gasteiger partial charge in [0.05, 0.1) is 27.7 Å². The van der Waals surface area contributed by atoms with Gasteiger partial charge in [0.2, 0.25) is 11.8 Å². The lowest BCUT2D eigenvalue weighted by Gasteiger charge is -2.32. The highest BCUT2D eigenvalue weighted by atomic mass is 35.5. The number of rotatable bonds is 8. The summed E-state index contributed by atoms with van der Waals surface area (Å²) in [6.45, 7) is 12.9. The van der Waals surface area contributed by atoms with E-state index in [1.807, 2.05) is 77.9 Å². The molecule has 7 aliphatic rings. The van der Waals surface area contributed by atoms with Crippen LogP contribution in [0.15, 0.2) is 97.1 Å². The van der Waals surface area contributed by atoms with Gasteiger partial charge >= 0.3 is 19.7 Å². The predicted molar refractivity (Wildman–Crippen MR) is 277 cm³/mol. The fourth-order valence-corrected chi connectivity index (χ4v) is 9.88. The molecule has 4 aromatic carbocycles. The number of carbonyl (C=O) groups is 4. The number of hydrogen-bond donors (Lipinski definition) is 4. The second-order valence-electron chi connectivity index (χ2n) is 21.1. The summed E-state index contributed by atoms with van der Waals surface area (Å²) >= 11 is 5.97. The number of amides is 4. The van der Waals surface area contributed by atoms with Crippen LogP contribution in [0, 0.1) is 13.8 Å². The fraction of sp³-hybridized carbons (Fsp3) is 0.321. The lowest BCUT2D eigenvalue weighted by molar-refractivity contribution is -0.287. The standard InChI is InChI=1S/C25H19F2N3O4.C17H13ClF2N2O3.C14H18BNO3/c1-13-2-7-20(29-21(13)14-3-5-17-15(10-14)12-28-22(17)31)30-23(32)24(8-9-24)16-4-6-18-19(11-16)34-25(26,27)33-18;1-9-2-5-13(21-14(9)18)22-15(23)16(6-7-16)10-3-4-11-12(8-10)25-17(19,20)24-11;1-13(2)14(3,4)19-15(18-13)10-5-6-11-9(7-10)8-16-12(11)17/h2-7,10-11H,8-9,12H2,1H3,(H,28,31)(H,29,30,32);2-5,8H,6-7H2,1H3,(H,21,22,23);5-7H,8H2,1-4H3,(H,16,17). The van der Waals surface area contributed by atoms with Crippen LogP contribution in [-0.4, -0.2) is 64.5 Å². The molecule has 402 valence electrons. The number of nitrogens with one attached hydrogen (secondary N) is 4. The minimum absolute atomic E-state index is 0.00420. The molecule has 13 rings (SSSR count). The zero-order chi connectivity index (χ0) is 55.3. The number of hydrogen-bond acceptors (Lipinski definition) is 12. The van der Waals surface area contributed by atoms with Gasteiger partial charge in [0.15, 0.2) is 23.0 Å². The van der Waals surface area contributed by atoms with Crippen LogP contribution < -0.4 is 45.7 Å². The minimum atomic E-state index is -3.71. The van der Waals surface area contributed by atoms with Crippen molar-refractivity contribution in [2.75, 3.05) is 10.6 Å². The third-order valence-corrected chi connectivity index (χ3v) is 15.7. The smallest absolute Gasteiger partial charge is 0.399 e. The molecule has 2 aromatic heterocycles. The van der Waals surface area contributed by atoms with Gasteiger partial charge in [-0.1, -0.05) is 54.1 Å². The van der Waals surface area contributed by atoms with E-state index in [0.717, 1.165) is 38.8 Å². The Balaban J connectivity index is 0.000000130. The molecular formula is C56H50BClF4N6O10. The van der Waals surface area contributed by atoms with Gasteiger partial charge in [0.25, 0.3) is 11.8 Å². The highest BCUT2D eigenvalue weighted by molar-refractivity contribution is 6.62. The third-order valence-electron chi connectivity index (χ3n) is 15.3. The third kappa shape index (κ3) is 9.83. The van der Waals surface area contributed by atoms with E-state index in [0.29, 0.717) is 77.9 Å². The van der Waals surface area contributed by atoms with Crippen molar-refractivity contribution >= 4 is 59.4 Å². The second-order valence-corrected chi connectivity index (χ2v) is 21.5. The largest absolute Gasteiger partial charge is 0.586 e. The van der Waals surface area contributed by atoms with Crippen LogP contribution in [0.1, 0.15) is 107 Å². The Bertz CT molecular complexity index is 3500. The molecule has 3 fully saturated rings. The Morgan fingerprint density at radius 2 is 1.04 bits per heavy atom.